The zero-order chi connectivity index (χ0) is 82.1. The van der Waals surface area contributed by atoms with Crippen LogP contribution in [0, 0.1) is 5.92 Å². The van der Waals surface area contributed by atoms with Crippen LogP contribution in [0.15, 0.2) is 0 Å². The van der Waals surface area contributed by atoms with Crippen LogP contribution in [-0.2, 0) is 119 Å². The molecule has 3 N–H and O–H groups in total. The lowest BCUT2D eigenvalue weighted by molar-refractivity contribution is -0.207. The Balaban J connectivity index is 0.000000626. The molecule has 7 fully saturated rings. The molecule has 0 spiro atoms. The van der Waals surface area contributed by atoms with Gasteiger partial charge in [0.25, 0.3) is 0 Å². The molecule has 32 nitrogen and oxygen atoms in total. The zero-order valence-corrected chi connectivity index (χ0v) is 71.7. The Hall–Kier alpha value is 0.210. The third-order valence-electron chi connectivity index (χ3n) is 17.7. The lowest BCUT2D eigenvalue weighted by Gasteiger charge is -2.34. The van der Waals surface area contributed by atoms with Gasteiger partial charge in [0.1, 0.15) is 110 Å². The second-order valence-electron chi connectivity index (χ2n) is 26.2. The number of nitrogens with one attached hydrogen (secondary N) is 2. The van der Waals surface area contributed by atoms with Crippen LogP contribution < -0.4 is 34.9 Å². The van der Waals surface area contributed by atoms with E-state index in [2.05, 4.69) is 10.4 Å². The van der Waals surface area contributed by atoms with Crippen LogP contribution in [0.3, 0.4) is 0 Å². The summed E-state index contributed by atoms with van der Waals surface area (Å²) in [5, 5.41) is 5.09. The molecule has 7 rings (SSSR count). The minimum Gasteiger partial charge on any atom is -0.801 e. The van der Waals surface area contributed by atoms with E-state index in [1.807, 2.05) is 48.5 Å². The molecule has 0 saturated carbocycles. The monoisotopic (exact) mass is 1650 g/mol. The molecule has 0 aromatic heterocycles. The predicted molar refractivity (Wildman–Crippen MR) is 405 cm³/mol. The molecular formula is C62H118B6N3O29P6S-5. The zero-order valence-electron chi connectivity index (χ0n) is 65.5. The Morgan fingerprint density at radius 2 is 1.13 bits per heavy atom. The number of carbonyl (C=O) groups excluding carboxylic acids is 2. The second-order valence-corrected chi connectivity index (χ2v) is 40.1. The number of hydrogen-bond acceptors (Lipinski definition) is 29. The fraction of sp³-hybridized carbons (Fsp3) is 0.968. The van der Waals surface area contributed by atoms with Crippen molar-refractivity contribution in [2.45, 2.75) is 268 Å². The maximum absolute atomic E-state index is 11.6. The highest BCUT2D eigenvalue weighted by atomic mass is 32.5. The summed E-state index contributed by atoms with van der Waals surface area (Å²) < 4.78 is 142. The molecule has 7 heterocycles. The molecule has 12 radical (unpaired) electrons. The highest BCUT2D eigenvalue weighted by Gasteiger charge is 2.60. The van der Waals surface area contributed by atoms with E-state index in [0.717, 1.165) is 25.7 Å². The van der Waals surface area contributed by atoms with Crippen LogP contribution in [0.25, 0.3) is 0 Å². The fourth-order valence-corrected chi connectivity index (χ4v) is 16.8. The van der Waals surface area contributed by atoms with Crippen molar-refractivity contribution in [1.29, 1.82) is 0 Å². The van der Waals surface area contributed by atoms with Gasteiger partial charge >= 0.3 is 7.60 Å². The van der Waals surface area contributed by atoms with Crippen molar-refractivity contribution < 1.29 is 136 Å². The van der Waals surface area contributed by atoms with Crippen LogP contribution in [0.5, 0.6) is 0 Å². The maximum atomic E-state index is 11.6. The number of fused-ring (bicyclic) bond motifs is 2. The average molecular weight is 1650 g/mol. The number of amides is 2. The predicted octanol–water partition coefficient (Wildman–Crippen LogP) is 2.34. The van der Waals surface area contributed by atoms with Gasteiger partial charge in [-0.05, 0) is 88.8 Å². The molecule has 2 amide bonds. The molecule has 45 heteroatoms. The van der Waals surface area contributed by atoms with E-state index in [4.69, 9.17) is 134 Å². The van der Waals surface area contributed by atoms with Crippen molar-refractivity contribution in [2.24, 2.45) is 5.92 Å². The van der Waals surface area contributed by atoms with E-state index in [9.17, 15) is 61.8 Å². The molecule has 11 unspecified atom stereocenters. The van der Waals surface area contributed by atoms with Crippen LogP contribution in [0.1, 0.15) is 141 Å². The van der Waals surface area contributed by atoms with Crippen molar-refractivity contribution >= 4 is 115 Å². The molecule has 2 bridgehead atoms. The number of hydrogen-bond donors (Lipinski definition) is 3. The van der Waals surface area contributed by atoms with Crippen molar-refractivity contribution in [3.8, 4) is 0 Å². The van der Waals surface area contributed by atoms with Crippen LogP contribution in [-0.4, -0.2) is 302 Å². The van der Waals surface area contributed by atoms with Gasteiger partial charge in [0, 0.05) is 103 Å². The van der Waals surface area contributed by atoms with Gasteiger partial charge in [-0.3, -0.25) is 19.2 Å². The van der Waals surface area contributed by atoms with Gasteiger partial charge in [0.2, 0.25) is 11.8 Å². The summed E-state index contributed by atoms with van der Waals surface area (Å²) in [4.78, 5) is 90.3. The first kappa shape index (κ1) is 105. The Morgan fingerprint density at radius 3 is 1.58 bits per heavy atom. The molecular weight excluding hydrogens is 1530 g/mol. The first-order valence-corrected chi connectivity index (χ1v) is 48.3. The molecule has 27 atom stereocenters. The van der Waals surface area contributed by atoms with E-state index in [-0.39, 0.29) is 110 Å². The highest BCUT2D eigenvalue weighted by molar-refractivity contribution is 8.08. The molecule has 0 aliphatic carbocycles. The van der Waals surface area contributed by atoms with Crippen molar-refractivity contribution in [2.75, 3.05) is 112 Å². The van der Waals surface area contributed by atoms with Crippen molar-refractivity contribution in [3.05, 3.63) is 0 Å². The van der Waals surface area contributed by atoms with E-state index in [0.29, 0.717) is 83.8 Å². The summed E-state index contributed by atoms with van der Waals surface area (Å²) in [6, 6.07) is -2.74. The maximum Gasteiger partial charge on any atom is 0.325 e. The lowest BCUT2D eigenvalue weighted by Crippen LogP contribution is -2.41. The summed E-state index contributed by atoms with van der Waals surface area (Å²) in [7, 11) is 21.4. The molecule has 7 aliphatic rings. The Kier molecular flexibility index (Phi) is 50.6. The number of rotatable bonds is 34. The van der Waals surface area contributed by atoms with Crippen molar-refractivity contribution in [3.63, 3.8) is 0 Å². The van der Waals surface area contributed by atoms with Gasteiger partial charge in [-0.1, -0.05) is 94.9 Å². The normalized spacial score (nSPS) is 34.6. The smallest absolute Gasteiger partial charge is 0.325 e. The number of nitrogens with zero attached hydrogens (tertiary/aromatic N) is 1. The highest BCUT2D eigenvalue weighted by Crippen LogP contribution is 2.51. The Bertz CT molecular complexity index is 2790. The largest absolute Gasteiger partial charge is 0.801 e. The van der Waals surface area contributed by atoms with E-state index >= 15 is 0 Å². The van der Waals surface area contributed by atoms with Gasteiger partial charge in [-0.15, -0.1) is 0 Å². The molecule has 107 heavy (non-hydrogen) atoms. The van der Waals surface area contributed by atoms with E-state index in [1.165, 1.54) is 32.5 Å². The Morgan fingerprint density at radius 1 is 0.617 bits per heavy atom. The minimum absolute atomic E-state index is 0.0365. The molecule has 7 aliphatic heterocycles. The summed E-state index contributed by atoms with van der Waals surface area (Å²) in [6.45, 7) is 22.7. The molecule has 0 aromatic rings. The molecule has 7 saturated heterocycles. The number of methoxy groups -OCH3 is 3. The quantitative estimate of drug-likeness (QED) is 0.0473. The van der Waals surface area contributed by atoms with Gasteiger partial charge < -0.3 is 133 Å². The average Bonchev–Trinajstić information content (AvgIpc) is 1.58. The van der Waals surface area contributed by atoms with Crippen LogP contribution >= 0.6 is 44.4 Å². The molecule has 614 valence electrons. The van der Waals surface area contributed by atoms with Gasteiger partial charge in [0.15, 0.2) is 0 Å². The first-order chi connectivity index (χ1) is 49.9. The SMILES string of the molecule is COC[C@H]1OC[C@@H](C)C[C@H]1OP(C)(=O)O.[B]CC(=O)N(CCC)CC(=O)NC.[B][C@@H]1O[C@@]2(CC)CO[C@H]1C2OP(=O)([O-])CC.[B][C@@H]1O[C@H](CC)C(OP(=O)([O-])CC)[C@@H]1OC.[B][C@@H]1O[C@H](CC)C(OP(=O)([O-])CC)[C@@H]1OCCOC.[B][C@H]1CC(NP(=O)([O-])CC)[C@@H](CC)O1.[B][C@H]1CC(OP([O-])(=S)CC)[C@@H](CC)O1. The van der Waals surface area contributed by atoms with Gasteiger partial charge in [-0.2, -0.15) is 0 Å². The Labute approximate surface area is 649 Å². The number of ether oxygens (including phenoxy) is 11. The first-order valence-electron chi connectivity index (χ1n) is 36.5. The molecule has 0 aromatic carbocycles. The van der Waals surface area contributed by atoms with Crippen molar-refractivity contribution in [1.82, 2.24) is 15.3 Å². The summed E-state index contributed by atoms with van der Waals surface area (Å²) in [5.41, 5.74) is -0.695. The summed E-state index contributed by atoms with van der Waals surface area (Å²) in [6.07, 6.45) is 1.19. The van der Waals surface area contributed by atoms with E-state index < -0.39 is 105 Å². The fourth-order valence-electron chi connectivity index (χ4n) is 11.6. The van der Waals surface area contributed by atoms with Gasteiger partial charge in [-0.25, -0.2) is 0 Å². The summed E-state index contributed by atoms with van der Waals surface area (Å²) in [5.74, 6) is -0.0182. The third-order valence-corrected chi connectivity index (χ3v) is 26.3. The standard InChI is InChI=1S/C11H22BO6P.C9H16BO5P.C9H18BO5P.C9H19O5P.C8H15BN2O2.C8H17BNO3P.C8H16BO3PS/c1-4-8-9(18-19(13,14)5-2)10(11(12)17-8)16-7-6-15-3;1-3-9-5-13-6(8(10)14-9)7(9)15-16(11,12)4-2;1-4-6-7(15-16(11,12)5-2)8(13-3)9(10)14-6;1-7-4-8(14-15(3,10)11)9(6-12-2)13-5-7;1-3-4-11(8(13)5-9)6-7(12)10-2;1-3-7-6(5-8(9)13-7)10-14(11,12)4-2;1-3-6-7(5-8(9)11-6)12-13(10,14)4-2/h8-11H,4-7H2,1-3H3,(H,13,14);6-8H,3-5H2,1-2H3,(H,11,12);6-9H,4-5H2,1-3H3,(H,11,12);7-9H,4-6H2,1-3H3,(H,10,11);3-6H2,1-2H3,(H,10,12);6-8H,3-5H2,1-2H3,(H2,10,11,12);6-8H,3-5H2,1-2H3,(H,10,14)/p-5/t8-,9?,10+,11-;2*6-,7?,8+,9-;7-,8+,9+;;6?,7-,8-;6-,7?,8-,13?/m1010.11/s1. The second kappa shape index (κ2) is 51.4. The number of carbonyl (C=O) groups is 2. The van der Waals surface area contributed by atoms with Gasteiger partial charge in [0.05, 0.1) is 85.0 Å². The third kappa shape index (κ3) is 37.6. The lowest BCUT2D eigenvalue weighted by atomic mass is 9.91. The number of likely N-dealkylation sites (N-methyl/N-ethyl adjacent to an activating group) is 1. The minimum atomic E-state index is -3.87. The van der Waals surface area contributed by atoms with Crippen LogP contribution in [0.2, 0.25) is 6.32 Å². The van der Waals surface area contributed by atoms with E-state index in [1.54, 1.807) is 42.0 Å². The topological polar surface area (TPSA) is 430 Å². The summed E-state index contributed by atoms with van der Waals surface area (Å²) >= 11 is 4.86. The van der Waals surface area contributed by atoms with Crippen LogP contribution in [0.4, 0.5) is 0 Å².